The molecule has 3 heterocycles. The van der Waals surface area contributed by atoms with Crippen LogP contribution in [0.3, 0.4) is 0 Å². The van der Waals surface area contributed by atoms with Crippen LogP contribution in [0.1, 0.15) is 41.0 Å². The number of ether oxygens (including phenoxy) is 1. The monoisotopic (exact) mass is 387 g/mol. The highest BCUT2D eigenvalue weighted by atomic mass is 16.6. The molecule has 2 atom stereocenters. The zero-order valence-corrected chi connectivity index (χ0v) is 17.1. The number of nitrogen functional groups attached to an aromatic ring is 1. The summed E-state index contributed by atoms with van der Waals surface area (Å²) in [6, 6.07) is 3.75. The summed E-state index contributed by atoms with van der Waals surface area (Å²) in [7, 11) is 0. The van der Waals surface area contributed by atoms with Crippen LogP contribution in [-0.4, -0.2) is 56.7 Å². The maximum atomic E-state index is 12.7. The van der Waals surface area contributed by atoms with Crippen LogP contribution in [0.4, 0.5) is 16.6 Å². The number of piperazine rings is 1. The minimum Gasteiger partial charge on any atom is -0.444 e. The first-order valence-corrected chi connectivity index (χ1v) is 9.59. The van der Waals surface area contributed by atoms with Crippen molar-refractivity contribution in [1.82, 2.24) is 19.9 Å². The quantitative estimate of drug-likeness (QED) is 0.611. The minimum absolute atomic E-state index is 0.00839. The summed E-state index contributed by atoms with van der Waals surface area (Å²) in [6.45, 7) is 10.9. The van der Waals surface area contributed by atoms with Crippen molar-refractivity contribution >= 4 is 28.9 Å². The summed E-state index contributed by atoms with van der Waals surface area (Å²) in [5.74, 6) is 6.62. The summed E-state index contributed by atoms with van der Waals surface area (Å²) in [5.41, 5.74) is 3.44. The number of nitrogens with one attached hydrogen (secondary N) is 1. The molecule has 1 saturated heterocycles. The van der Waals surface area contributed by atoms with Gasteiger partial charge in [0, 0.05) is 25.3 Å². The third-order valence-corrected chi connectivity index (χ3v) is 4.78. The van der Waals surface area contributed by atoms with Crippen molar-refractivity contribution in [2.45, 2.75) is 58.7 Å². The molecule has 0 aliphatic carbocycles. The SMILES string of the molecule is CC[C@@H]1CN(c2nc(NN)nc3cccnc23)[C@@H](C)CN1C(=O)OC(C)(C)C. The first-order valence-electron chi connectivity index (χ1n) is 9.59. The van der Waals surface area contributed by atoms with E-state index in [1.54, 1.807) is 6.20 Å². The third kappa shape index (κ3) is 4.09. The molecule has 1 fully saturated rings. The van der Waals surface area contributed by atoms with Gasteiger partial charge in [-0.25, -0.2) is 15.6 Å². The summed E-state index contributed by atoms with van der Waals surface area (Å²) in [5, 5.41) is 0. The lowest BCUT2D eigenvalue weighted by Gasteiger charge is -2.45. The van der Waals surface area contributed by atoms with Crippen LogP contribution < -0.4 is 16.2 Å². The van der Waals surface area contributed by atoms with Gasteiger partial charge in [-0.15, -0.1) is 0 Å². The van der Waals surface area contributed by atoms with Crippen molar-refractivity contribution in [3.05, 3.63) is 18.3 Å². The van der Waals surface area contributed by atoms with Gasteiger partial charge in [-0.2, -0.15) is 4.98 Å². The molecule has 9 heteroatoms. The summed E-state index contributed by atoms with van der Waals surface area (Å²) in [4.78, 5) is 30.1. The Hall–Kier alpha value is -2.68. The van der Waals surface area contributed by atoms with Gasteiger partial charge in [-0.3, -0.25) is 10.4 Å². The fraction of sp³-hybridized carbons (Fsp3) is 0.579. The largest absolute Gasteiger partial charge is 0.444 e. The van der Waals surface area contributed by atoms with E-state index >= 15 is 0 Å². The lowest BCUT2D eigenvalue weighted by molar-refractivity contribution is 0.0106. The number of anilines is 2. The molecule has 0 radical (unpaired) electrons. The molecule has 0 spiro atoms. The van der Waals surface area contributed by atoms with E-state index in [1.807, 2.05) is 37.8 Å². The molecule has 0 saturated carbocycles. The Balaban J connectivity index is 1.93. The van der Waals surface area contributed by atoms with Crippen molar-refractivity contribution in [2.75, 3.05) is 23.4 Å². The number of hydrazine groups is 1. The van der Waals surface area contributed by atoms with Gasteiger partial charge < -0.3 is 14.5 Å². The molecule has 3 rings (SSSR count). The average molecular weight is 387 g/mol. The molecule has 1 amide bonds. The van der Waals surface area contributed by atoms with Gasteiger partial charge in [0.2, 0.25) is 5.95 Å². The molecule has 152 valence electrons. The van der Waals surface area contributed by atoms with Crippen LogP contribution in [0, 0.1) is 0 Å². The van der Waals surface area contributed by atoms with E-state index in [2.05, 4.69) is 39.1 Å². The van der Waals surface area contributed by atoms with Crippen LogP contribution in [0.25, 0.3) is 11.0 Å². The number of fused-ring (bicyclic) bond motifs is 1. The number of hydrogen-bond acceptors (Lipinski definition) is 8. The third-order valence-electron chi connectivity index (χ3n) is 4.78. The molecule has 28 heavy (non-hydrogen) atoms. The number of amides is 1. The number of carbonyl (C=O) groups is 1. The zero-order chi connectivity index (χ0) is 20.5. The van der Waals surface area contributed by atoms with E-state index in [9.17, 15) is 4.79 Å². The van der Waals surface area contributed by atoms with Crippen LogP contribution in [0.2, 0.25) is 0 Å². The van der Waals surface area contributed by atoms with Crippen molar-refractivity contribution in [1.29, 1.82) is 0 Å². The molecular weight excluding hydrogens is 358 g/mol. The highest BCUT2D eigenvalue weighted by Crippen LogP contribution is 2.29. The highest BCUT2D eigenvalue weighted by Gasteiger charge is 2.37. The molecular formula is C19H29N7O2. The Morgan fingerprint density at radius 3 is 2.75 bits per heavy atom. The lowest BCUT2D eigenvalue weighted by Crippen LogP contribution is -2.60. The normalized spacial score (nSPS) is 20.4. The zero-order valence-electron chi connectivity index (χ0n) is 17.1. The molecule has 0 aromatic carbocycles. The first kappa shape index (κ1) is 20.1. The van der Waals surface area contributed by atoms with Gasteiger partial charge in [0.1, 0.15) is 11.1 Å². The molecule has 1 aliphatic rings. The second kappa shape index (κ2) is 7.75. The molecule has 0 bridgehead atoms. The topological polar surface area (TPSA) is 110 Å². The van der Waals surface area contributed by atoms with E-state index in [4.69, 9.17) is 10.6 Å². The van der Waals surface area contributed by atoms with Gasteiger partial charge >= 0.3 is 6.09 Å². The van der Waals surface area contributed by atoms with Gasteiger partial charge in [-0.1, -0.05) is 6.92 Å². The molecule has 3 N–H and O–H groups in total. The Bertz CT molecular complexity index is 852. The second-order valence-electron chi connectivity index (χ2n) is 8.08. The fourth-order valence-electron chi connectivity index (χ4n) is 3.44. The molecule has 0 unspecified atom stereocenters. The molecule has 9 nitrogen and oxygen atoms in total. The van der Waals surface area contributed by atoms with Gasteiger partial charge in [0.15, 0.2) is 5.82 Å². The van der Waals surface area contributed by atoms with Crippen LogP contribution >= 0.6 is 0 Å². The van der Waals surface area contributed by atoms with E-state index in [1.165, 1.54) is 0 Å². The van der Waals surface area contributed by atoms with Gasteiger partial charge in [0.05, 0.1) is 11.6 Å². The number of pyridine rings is 1. The van der Waals surface area contributed by atoms with Crippen molar-refractivity contribution in [3.8, 4) is 0 Å². The maximum absolute atomic E-state index is 12.7. The van der Waals surface area contributed by atoms with Crippen LogP contribution in [-0.2, 0) is 4.74 Å². The van der Waals surface area contributed by atoms with Crippen molar-refractivity contribution < 1.29 is 9.53 Å². The van der Waals surface area contributed by atoms with E-state index in [0.717, 1.165) is 11.9 Å². The maximum Gasteiger partial charge on any atom is 0.410 e. The number of rotatable bonds is 3. The molecule has 2 aromatic heterocycles. The molecule has 1 aliphatic heterocycles. The van der Waals surface area contributed by atoms with Crippen molar-refractivity contribution in [2.24, 2.45) is 5.84 Å². The van der Waals surface area contributed by atoms with Crippen LogP contribution in [0.15, 0.2) is 18.3 Å². The van der Waals surface area contributed by atoms with E-state index < -0.39 is 5.60 Å². The first-order chi connectivity index (χ1) is 13.2. The number of nitrogens with two attached hydrogens (primary N) is 1. The summed E-state index contributed by atoms with van der Waals surface area (Å²) < 4.78 is 5.61. The lowest BCUT2D eigenvalue weighted by atomic mass is 10.1. The summed E-state index contributed by atoms with van der Waals surface area (Å²) in [6.07, 6.45) is 2.26. The number of nitrogens with zero attached hydrogens (tertiary/aromatic N) is 5. The van der Waals surface area contributed by atoms with Crippen molar-refractivity contribution in [3.63, 3.8) is 0 Å². The number of aromatic nitrogens is 3. The van der Waals surface area contributed by atoms with E-state index in [0.29, 0.717) is 30.4 Å². The van der Waals surface area contributed by atoms with Gasteiger partial charge in [0.25, 0.3) is 0 Å². The minimum atomic E-state index is -0.524. The smallest absolute Gasteiger partial charge is 0.410 e. The predicted molar refractivity (Wildman–Crippen MR) is 109 cm³/mol. The Labute approximate surface area is 165 Å². The van der Waals surface area contributed by atoms with Gasteiger partial charge in [-0.05, 0) is 46.2 Å². The fourth-order valence-corrected chi connectivity index (χ4v) is 3.44. The van der Waals surface area contributed by atoms with E-state index in [-0.39, 0.29) is 18.2 Å². The number of carbonyl (C=O) groups excluding carboxylic acids is 1. The Kier molecular flexibility index (Phi) is 5.55. The number of hydrogen-bond donors (Lipinski definition) is 2. The Morgan fingerprint density at radius 1 is 1.36 bits per heavy atom. The highest BCUT2D eigenvalue weighted by molar-refractivity contribution is 5.87. The summed E-state index contributed by atoms with van der Waals surface area (Å²) >= 11 is 0. The molecule has 2 aromatic rings. The second-order valence-corrected chi connectivity index (χ2v) is 8.08. The Morgan fingerprint density at radius 2 is 2.11 bits per heavy atom. The van der Waals surface area contributed by atoms with Crippen LogP contribution in [0.5, 0.6) is 0 Å². The standard InChI is InChI=1S/C19H29N7O2/c1-6-13-11-25(12(2)10-26(13)18(27)28-19(3,4)5)16-15-14(8-7-9-21-15)22-17(23-16)24-20/h7-9,12-13H,6,10-11,20H2,1-5H3,(H,22,23,24)/t12-,13+/m0/s1. The predicted octanol–water partition coefficient (Wildman–Crippen LogP) is 2.53. The average Bonchev–Trinajstić information content (AvgIpc) is 2.65.